The highest BCUT2D eigenvalue weighted by Crippen LogP contribution is 2.23. The van der Waals surface area contributed by atoms with Gasteiger partial charge < -0.3 is 5.32 Å². The van der Waals surface area contributed by atoms with Gasteiger partial charge in [0.05, 0.1) is 5.71 Å². The van der Waals surface area contributed by atoms with Gasteiger partial charge in [-0.3, -0.25) is 9.59 Å². The van der Waals surface area contributed by atoms with Gasteiger partial charge in [0, 0.05) is 28.4 Å². The molecule has 0 aliphatic rings. The Bertz CT molecular complexity index is 757. The molecule has 0 unspecified atom stereocenters. The zero-order valence-corrected chi connectivity index (χ0v) is 15.0. The van der Waals surface area contributed by atoms with Crippen molar-refractivity contribution in [1.82, 2.24) is 5.43 Å². The highest BCUT2D eigenvalue weighted by atomic mass is 35.5. The third kappa shape index (κ3) is 5.18. The van der Waals surface area contributed by atoms with Crippen LogP contribution in [0.5, 0.6) is 0 Å². The Labute approximate surface area is 149 Å². The van der Waals surface area contributed by atoms with Crippen LogP contribution in [0.1, 0.15) is 30.2 Å². The van der Waals surface area contributed by atoms with E-state index in [1.165, 1.54) is 0 Å². The van der Waals surface area contributed by atoms with Crippen molar-refractivity contribution >= 4 is 46.2 Å². The minimum absolute atomic E-state index is 0.0622. The summed E-state index contributed by atoms with van der Waals surface area (Å²) in [5.74, 6) is -0.543. The number of carbonyl (C=O) groups is 2. The number of thiophene rings is 1. The summed E-state index contributed by atoms with van der Waals surface area (Å²) in [6.45, 7) is 3.65. The third-order valence-electron chi connectivity index (χ3n) is 3.35. The molecule has 0 aliphatic carbocycles. The smallest absolute Gasteiger partial charge is 0.240 e. The number of halogens is 1. The fraction of sp³-hybridized carbons (Fsp3) is 0.235. The molecule has 0 radical (unpaired) electrons. The monoisotopic (exact) mass is 363 g/mol. The number of rotatable bonds is 6. The van der Waals surface area contributed by atoms with Gasteiger partial charge in [0.1, 0.15) is 0 Å². The molecule has 0 saturated heterocycles. The van der Waals surface area contributed by atoms with Gasteiger partial charge in [-0.05, 0) is 43.0 Å². The fourth-order valence-electron chi connectivity index (χ4n) is 1.92. The van der Waals surface area contributed by atoms with Crippen molar-refractivity contribution in [2.24, 2.45) is 5.10 Å². The van der Waals surface area contributed by atoms with Gasteiger partial charge >= 0.3 is 0 Å². The van der Waals surface area contributed by atoms with E-state index in [0.29, 0.717) is 10.7 Å². The zero-order chi connectivity index (χ0) is 17.5. The predicted molar refractivity (Wildman–Crippen MR) is 98.7 cm³/mol. The van der Waals surface area contributed by atoms with E-state index < -0.39 is 0 Å². The quantitative estimate of drug-likeness (QED) is 0.602. The van der Waals surface area contributed by atoms with E-state index in [-0.39, 0.29) is 24.7 Å². The number of anilines is 1. The summed E-state index contributed by atoms with van der Waals surface area (Å²) in [7, 11) is 0. The lowest BCUT2D eigenvalue weighted by Gasteiger charge is -2.09. The normalized spacial score (nSPS) is 11.2. The van der Waals surface area contributed by atoms with Crippen molar-refractivity contribution in [3.05, 3.63) is 51.2 Å². The number of hydrogen-bond donors (Lipinski definition) is 2. The Morgan fingerprint density at radius 1 is 1.17 bits per heavy atom. The van der Waals surface area contributed by atoms with Crippen LogP contribution in [0.25, 0.3) is 0 Å². The van der Waals surface area contributed by atoms with E-state index in [1.54, 1.807) is 29.5 Å². The molecule has 7 heteroatoms. The maximum Gasteiger partial charge on any atom is 0.240 e. The van der Waals surface area contributed by atoms with E-state index in [9.17, 15) is 9.59 Å². The Morgan fingerprint density at radius 3 is 2.62 bits per heavy atom. The minimum Gasteiger partial charge on any atom is -0.326 e. The lowest BCUT2D eigenvalue weighted by molar-refractivity contribution is -0.124. The van der Waals surface area contributed by atoms with Gasteiger partial charge in [0.15, 0.2) is 0 Å². The molecule has 0 aliphatic heterocycles. The van der Waals surface area contributed by atoms with Crippen molar-refractivity contribution in [2.45, 2.75) is 26.7 Å². The molecule has 2 N–H and O–H groups in total. The van der Waals surface area contributed by atoms with E-state index >= 15 is 0 Å². The molecule has 0 saturated carbocycles. The summed E-state index contributed by atoms with van der Waals surface area (Å²) in [6.07, 6.45) is 0.137. The maximum atomic E-state index is 11.9. The molecule has 0 fully saturated rings. The lowest BCUT2D eigenvalue weighted by Crippen LogP contribution is -2.21. The highest BCUT2D eigenvalue weighted by molar-refractivity contribution is 7.12. The summed E-state index contributed by atoms with van der Waals surface area (Å²) in [6, 6.07) is 9.14. The first-order valence-electron chi connectivity index (χ1n) is 7.39. The Kier molecular flexibility index (Phi) is 6.52. The molecule has 0 atom stereocenters. The third-order valence-corrected chi connectivity index (χ3v) is 4.74. The number of nitrogens with one attached hydrogen (secondary N) is 2. The first-order valence-corrected chi connectivity index (χ1v) is 8.65. The van der Waals surface area contributed by atoms with Gasteiger partial charge in [0.2, 0.25) is 11.8 Å². The van der Waals surface area contributed by atoms with Crippen LogP contribution in [-0.4, -0.2) is 17.5 Å². The largest absolute Gasteiger partial charge is 0.326 e. The number of hydrogen-bond acceptors (Lipinski definition) is 4. The Hall–Kier alpha value is -2.18. The van der Waals surface area contributed by atoms with Crippen LogP contribution in [0.4, 0.5) is 5.69 Å². The van der Waals surface area contributed by atoms with E-state index in [0.717, 1.165) is 16.2 Å². The second kappa shape index (κ2) is 8.61. The van der Waals surface area contributed by atoms with E-state index in [2.05, 4.69) is 15.8 Å². The fourth-order valence-corrected chi connectivity index (χ4v) is 2.78. The number of hydrazone groups is 1. The van der Waals surface area contributed by atoms with Gasteiger partial charge in [-0.2, -0.15) is 5.10 Å². The van der Waals surface area contributed by atoms with Crippen molar-refractivity contribution in [3.8, 4) is 0 Å². The van der Waals surface area contributed by atoms with Crippen molar-refractivity contribution in [3.63, 3.8) is 0 Å². The van der Waals surface area contributed by atoms with Crippen LogP contribution in [0.15, 0.2) is 40.8 Å². The molecular weight excluding hydrogens is 346 g/mol. The second-order valence-corrected chi connectivity index (χ2v) is 6.52. The van der Waals surface area contributed by atoms with Crippen LogP contribution in [0.2, 0.25) is 5.02 Å². The minimum atomic E-state index is -0.302. The van der Waals surface area contributed by atoms with Crippen molar-refractivity contribution < 1.29 is 9.59 Å². The molecule has 2 amide bonds. The topological polar surface area (TPSA) is 70.6 Å². The molecular formula is C17H18ClN3O2S. The molecule has 1 heterocycles. The molecule has 0 spiro atoms. The highest BCUT2D eigenvalue weighted by Gasteiger charge is 2.09. The molecule has 24 heavy (non-hydrogen) atoms. The van der Waals surface area contributed by atoms with Gasteiger partial charge in [-0.15, -0.1) is 11.3 Å². The Morgan fingerprint density at radius 2 is 1.92 bits per heavy atom. The van der Waals surface area contributed by atoms with Crippen LogP contribution >= 0.6 is 22.9 Å². The summed E-state index contributed by atoms with van der Waals surface area (Å²) in [5, 5.41) is 9.32. The number of carbonyl (C=O) groups excluding carboxylic acids is 2. The van der Waals surface area contributed by atoms with Crippen molar-refractivity contribution in [1.29, 1.82) is 0 Å². The predicted octanol–water partition coefficient (Wildman–Crippen LogP) is 3.97. The summed E-state index contributed by atoms with van der Waals surface area (Å²) in [4.78, 5) is 24.7. The van der Waals surface area contributed by atoms with Gasteiger partial charge in [-0.1, -0.05) is 23.7 Å². The van der Waals surface area contributed by atoms with Gasteiger partial charge in [0.25, 0.3) is 0 Å². The molecule has 1 aromatic carbocycles. The molecule has 5 nitrogen and oxygen atoms in total. The standard InChI is InChI=1S/C17H18ClN3O2S/c1-11-13(18)5-3-6-14(11)19-16(22)8-9-17(23)21-20-12(2)15-7-4-10-24-15/h3-7,10H,8-9H2,1-2H3,(H,19,22)(H,21,23)/b20-12+. The zero-order valence-electron chi connectivity index (χ0n) is 13.4. The second-order valence-electron chi connectivity index (χ2n) is 5.17. The Balaban J connectivity index is 1.80. The van der Waals surface area contributed by atoms with Crippen molar-refractivity contribution in [2.75, 3.05) is 5.32 Å². The summed E-state index contributed by atoms with van der Waals surface area (Å²) in [5.41, 5.74) is 4.65. The summed E-state index contributed by atoms with van der Waals surface area (Å²) >= 11 is 7.56. The van der Waals surface area contributed by atoms with Gasteiger partial charge in [-0.25, -0.2) is 5.43 Å². The molecule has 2 aromatic rings. The van der Waals surface area contributed by atoms with Crippen LogP contribution in [0, 0.1) is 6.92 Å². The number of amides is 2. The summed E-state index contributed by atoms with van der Waals surface area (Å²) < 4.78 is 0. The number of benzene rings is 1. The first-order chi connectivity index (χ1) is 11.5. The average molecular weight is 364 g/mol. The van der Waals surface area contributed by atoms with Crippen LogP contribution in [0.3, 0.4) is 0 Å². The maximum absolute atomic E-state index is 11.9. The van der Waals surface area contributed by atoms with E-state index in [4.69, 9.17) is 11.6 Å². The SMILES string of the molecule is C/C(=N\NC(=O)CCC(=O)Nc1cccc(Cl)c1C)c1cccs1. The molecule has 126 valence electrons. The first kappa shape index (κ1) is 18.2. The van der Waals surface area contributed by atoms with Crippen LogP contribution < -0.4 is 10.7 Å². The molecule has 0 bridgehead atoms. The molecule has 1 aromatic heterocycles. The number of nitrogens with zero attached hydrogens (tertiary/aromatic N) is 1. The lowest BCUT2D eigenvalue weighted by atomic mass is 10.2. The molecule has 2 rings (SSSR count). The van der Waals surface area contributed by atoms with Crippen LogP contribution in [-0.2, 0) is 9.59 Å². The van der Waals surface area contributed by atoms with E-state index in [1.807, 2.05) is 31.4 Å². The average Bonchev–Trinajstić information content (AvgIpc) is 3.09.